The van der Waals surface area contributed by atoms with Crippen LogP contribution >= 0.6 is 15.9 Å². The van der Waals surface area contributed by atoms with Crippen molar-refractivity contribution < 1.29 is 9.53 Å². The molecule has 1 aromatic heterocycles. The van der Waals surface area contributed by atoms with Crippen LogP contribution in [0.1, 0.15) is 17.9 Å². The Labute approximate surface area is 131 Å². The Morgan fingerprint density at radius 1 is 1.43 bits per heavy atom. The van der Waals surface area contributed by atoms with Crippen LogP contribution in [0, 0.1) is 5.92 Å². The number of pyridine rings is 1. The molecule has 108 valence electrons. The molecule has 1 aliphatic carbocycles. The zero-order valence-corrected chi connectivity index (χ0v) is 13.1. The molecule has 0 aliphatic heterocycles. The van der Waals surface area contributed by atoms with E-state index in [4.69, 9.17) is 4.74 Å². The third-order valence-corrected chi connectivity index (χ3v) is 4.28. The third kappa shape index (κ3) is 3.08. The van der Waals surface area contributed by atoms with Crippen molar-refractivity contribution in [1.29, 1.82) is 0 Å². The second kappa shape index (κ2) is 5.85. The number of nitrogens with one attached hydrogen (secondary N) is 1. The van der Waals surface area contributed by atoms with Crippen LogP contribution in [0.2, 0.25) is 0 Å². The van der Waals surface area contributed by atoms with E-state index in [0.717, 1.165) is 27.9 Å². The number of methoxy groups -OCH3 is 1. The minimum atomic E-state index is 0.0371. The van der Waals surface area contributed by atoms with Crippen molar-refractivity contribution in [3.05, 3.63) is 52.8 Å². The van der Waals surface area contributed by atoms with Gasteiger partial charge >= 0.3 is 0 Å². The molecular weight excluding hydrogens is 332 g/mol. The number of nitrogens with zero attached hydrogens (tertiary/aromatic N) is 1. The number of benzene rings is 1. The van der Waals surface area contributed by atoms with Crippen LogP contribution in [-0.2, 0) is 4.79 Å². The number of hydrogen-bond donors (Lipinski definition) is 1. The standard InChI is InChI=1S/C16H15BrN2O2/c1-21-15-5-4-11(7-14(15)17)19-16(20)13-8-12(13)10-3-2-6-18-9-10/h2-7,9,12-13H,8H2,1H3,(H,19,20)/t12-,13+/m1/s1. The Morgan fingerprint density at radius 2 is 2.29 bits per heavy atom. The Bertz CT molecular complexity index is 661. The first-order valence-corrected chi connectivity index (χ1v) is 7.52. The van der Waals surface area contributed by atoms with Gasteiger partial charge in [-0.15, -0.1) is 0 Å². The number of halogens is 1. The quantitative estimate of drug-likeness (QED) is 0.920. The van der Waals surface area contributed by atoms with Gasteiger partial charge < -0.3 is 10.1 Å². The van der Waals surface area contributed by atoms with Gasteiger partial charge in [0.2, 0.25) is 5.91 Å². The van der Waals surface area contributed by atoms with Gasteiger partial charge in [0.05, 0.1) is 11.6 Å². The number of carbonyl (C=O) groups excluding carboxylic acids is 1. The number of rotatable bonds is 4. The SMILES string of the molecule is COc1ccc(NC(=O)[C@H]2C[C@@H]2c2cccnc2)cc1Br. The maximum atomic E-state index is 12.2. The van der Waals surface area contributed by atoms with Crippen molar-refractivity contribution in [2.24, 2.45) is 5.92 Å². The van der Waals surface area contributed by atoms with Crippen LogP contribution in [0.15, 0.2) is 47.2 Å². The summed E-state index contributed by atoms with van der Waals surface area (Å²) < 4.78 is 5.99. The van der Waals surface area contributed by atoms with Crippen molar-refractivity contribution in [2.45, 2.75) is 12.3 Å². The number of hydrogen-bond acceptors (Lipinski definition) is 3. The number of ether oxygens (including phenoxy) is 1. The number of anilines is 1. The van der Waals surface area contributed by atoms with Crippen LogP contribution in [0.4, 0.5) is 5.69 Å². The van der Waals surface area contributed by atoms with Crippen LogP contribution < -0.4 is 10.1 Å². The Morgan fingerprint density at radius 3 is 2.95 bits per heavy atom. The zero-order chi connectivity index (χ0) is 14.8. The van der Waals surface area contributed by atoms with E-state index < -0.39 is 0 Å². The predicted octanol–water partition coefficient (Wildman–Crippen LogP) is 3.59. The first kappa shape index (κ1) is 14.1. The van der Waals surface area contributed by atoms with Gasteiger partial charge in [0.15, 0.2) is 0 Å². The average molecular weight is 347 g/mol. The normalized spacial score (nSPS) is 19.9. The highest BCUT2D eigenvalue weighted by molar-refractivity contribution is 9.10. The molecule has 1 saturated carbocycles. The summed E-state index contributed by atoms with van der Waals surface area (Å²) in [5.74, 6) is 1.13. The van der Waals surface area contributed by atoms with Gasteiger partial charge in [0, 0.05) is 24.0 Å². The lowest BCUT2D eigenvalue weighted by Gasteiger charge is -2.08. The molecule has 0 bridgehead atoms. The van der Waals surface area contributed by atoms with Gasteiger partial charge in [-0.1, -0.05) is 6.07 Å². The summed E-state index contributed by atoms with van der Waals surface area (Å²) in [6, 6.07) is 9.43. The van der Waals surface area contributed by atoms with Gasteiger partial charge in [-0.05, 0) is 58.1 Å². The molecule has 2 aromatic rings. The highest BCUT2D eigenvalue weighted by atomic mass is 79.9. The summed E-state index contributed by atoms with van der Waals surface area (Å²) >= 11 is 3.41. The van der Waals surface area contributed by atoms with Crippen LogP contribution in [0.3, 0.4) is 0 Å². The minimum absolute atomic E-state index is 0.0371. The molecule has 0 spiro atoms. The lowest BCUT2D eigenvalue weighted by atomic mass is 10.1. The van der Waals surface area contributed by atoms with E-state index in [0.29, 0.717) is 5.92 Å². The van der Waals surface area contributed by atoms with E-state index in [1.807, 2.05) is 36.5 Å². The molecule has 4 nitrogen and oxygen atoms in total. The predicted molar refractivity (Wildman–Crippen MR) is 84.4 cm³/mol. The van der Waals surface area contributed by atoms with Gasteiger partial charge in [-0.2, -0.15) is 0 Å². The maximum Gasteiger partial charge on any atom is 0.228 e. The van der Waals surface area contributed by atoms with Crippen molar-refractivity contribution in [2.75, 3.05) is 12.4 Å². The fourth-order valence-electron chi connectivity index (χ4n) is 2.43. The van der Waals surface area contributed by atoms with E-state index in [1.165, 1.54) is 0 Å². The molecule has 21 heavy (non-hydrogen) atoms. The van der Waals surface area contributed by atoms with Gasteiger partial charge in [0.1, 0.15) is 5.75 Å². The summed E-state index contributed by atoms with van der Waals surface area (Å²) in [7, 11) is 1.61. The molecule has 1 N–H and O–H groups in total. The minimum Gasteiger partial charge on any atom is -0.496 e. The van der Waals surface area contributed by atoms with Crippen molar-refractivity contribution in [1.82, 2.24) is 4.98 Å². The molecule has 3 rings (SSSR count). The second-order valence-electron chi connectivity index (χ2n) is 5.07. The summed E-state index contributed by atoms with van der Waals surface area (Å²) in [5.41, 5.74) is 1.90. The number of aromatic nitrogens is 1. The zero-order valence-electron chi connectivity index (χ0n) is 11.5. The van der Waals surface area contributed by atoms with E-state index in [1.54, 1.807) is 13.3 Å². The lowest BCUT2D eigenvalue weighted by Crippen LogP contribution is -2.14. The molecule has 0 saturated heterocycles. The van der Waals surface area contributed by atoms with E-state index in [9.17, 15) is 4.79 Å². The first-order chi connectivity index (χ1) is 10.2. The number of carbonyl (C=O) groups is 1. The third-order valence-electron chi connectivity index (χ3n) is 3.66. The molecule has 2 atom stereocenters. The fraction of sp³-hybridized carbons (Fsp3) is 0.250. The summed E-state index contributed by atoms with van der Waals surface area (Å²) in [6.07, 6.45) is 4.46. The molecule has 5 heteroatoms. The van der Waals surface area contributed by atoms with E-state index >= 15 is 0 Å². The molecular formula is C16H15BrN2O2. The Kier molecular flexibility index (Phi) is 3.92. The molecule has 0 unspecified atom stereocenters. The first-order valence-electron chi connectivity index (χ1n) is 6.73. The summed E-state index contributed by atoms with van der Waals surface area (Å²) in [4.78, 5) is 16.3. The van der Waals surface area contributed by atoms with Crippen LogP contribution in [0.25, 0.3) is 0 Å². The smallest absolute Gasteiger partial charge is 0.228 e. The lowest BCUT2D eigenvalue weighted by molar-refractivity contribution is -0.117. The highest BCUT2D eigenvalue weighted by Crippen LogP contribution is 2.47. The summed E-state index contributed by atoms with van der Waals surface area (Å²) in [6.45, 7) is 0. The van der Waals surface area contributed by atoms with Gasteiger partial charge in [-0.25, -0.2) is 0 Å². The van der Waals surface area contributed by atoms with Gasteiger partial charge in [-0.3, -0.25) is 9.78 Å². The van der Waals surface area contributed by atoms with Crippen molar-refractivity contribution in [3.63, 3.8) is 0 Å². The fourth-order valence-corrected chi connectivity index (χ4v) is 2.97. The Hall–Kier alpha value is -1.88. The van der Waals surface area contributed by atoms with Crippen molar-refractivity contribution >= 4 is 27.5 Å². The molecule has 1 fully saturated rings. The highest BCUT2D eigenvalue weighted by Gasteiger charge is 2.44. The van der Waals surface area contributed by atoms with Crippen molar-refractivity contribution in [3.8, 4) is 5.75 Å². The largest absolute Gasteiger partial charge is 0.496 e. The van der Waals surface area contributed by atoms with Gasteiger partial charge in [0.25, 0.3) is 0 Å². The second-order valence-corrected chi connectivity index (χ2v) is 5.93. The molecule has 1 heterocycles. The summed E-state index contributed by atoms with van der Waals surface area (Å²) in [5, 5.41) is 2.95. The monoisotopic (exact) mass is 346 g/mol. The molecule has 1 aromatic carbocycles. The molecule has 1 amide bonds. The van der Waals surface area contributed by atoms with Crippen LogP contribution in [0.5, 0.6) is 5.75 Å². The average Bonchev–Trinajstić information content (AvgIpc) is 3.29. The molecule has 1 aliphatic rings. The topological polar surface area (TPSA) is 51.2 Å². The van der Waals surface area contributed by atoms with E-state index in [-0.39, 0.29) is 11.8 Å². The van der Waals surface area contributed by atoms with E-state index in [2.05, 4.69) is 26.2 Å². The molecule has 0 radical (unpaired) electrons. The van der Waals surface area contributed by atoms with Crippen LogP contribution in [-0.4, -0.2) is 18.0 Å². The maximum absolute atomic E-state index is 12.2. The number of amides is 1. The Balaban J connectivity index is 1.64.